The van der Waals surface area contributed by atoms with Crippen LogP contribution in [0.25, 0.3) is 16.1 Å². The third-order valence-electron chi connectivity index (χ3n) is 2.10. The zero-order chi connectivity index (χ0) is 9.38. The van der Waals surface area contributed by atoms with Crippen LogP contribution in [0.4, 0.5) is 0 Å². The molecule has 0 radical (unpaired) electrons. The van der Waals surface area contributed by atoms with Crippen LogP contribution in [0.15, 0.2) is 42.2 Å². The van der Waals surface area contributed by atoms with E-state index in [1.807, 2.05) is 40.5 Å². The fourth-order valence-corrected chi connectivity index (χ4v) is 2.15. The van der Waals surface area contributed by atoms with E-state index < -0.39 is 0 Å². The molecule has 0 aliphatic heterocycles. The first-order valence-electron chi connectivity index (χ1n) is 4.27. The first-order chi connectivity index (χ1) is 6.95. The Morgan fingerprint density at radius 2 is 2.21 bits per heavy atom. The molecule has 14 heavy (non-hydrogen) atoms. The summed E-state index contributed by atoms with van der Waals surface area (Å²) in [5, 5.41) is 7.23. The molecule has 0 N–H and O–H groups in total. The first kappa shape index (κ1) is 7.70. The van der Waals surface area contributed by atoms with Crippen molar-refractivity contribution >= 4 is 16.9 Å². The SMILES string of the molecule is c1cnn2ccc(-c3nccs3)c2c1. The molecule has 3 aromatic rings. The number of fused-ring (bicyclic) bond motifs is 1. The van der Waals surface area contributed by atoms with Crippen LogP contribution in [0.3, 0.4) is 0 Å². The lowest BCUT2D eigenvalue weighted by molar-refractivity contribution is 0.941. The molecule has 3 nitrogen and oxygen atoms in total. The van der Waals surface area contributed by atoms with Gasteiger partial charge in [-0.2, -0.15) is 5.10 Å². The van der Waals surface area contributed by atoms with E-state index in [1.54, 1.807) is 17.5 Å². The third kappa shape index (κ3) is 1.04. The minimum absolute atomic E-state index is 1.04. The number of thiazole rings is 1. The maximum absolute atomic E-state index is 4.29. The van der Waals surface area contributed by atoms with Gasteiger partial charge in [0.15, 0.2) is 0 Å². The lowest BCUT2D eigenvalue weighted by Crippen LogP contribution is -1.86. The Labute approximate surface area is 84.7 Å². The first-order valence-corrected chi connectivity index (χ1v) is 5.15. The second kappa shape index (κ2) is 2.92. The van der Waals surface area contributed by atoms with Crippen molar-refractivity contribution in [1.29, 1.82) is 0 Å². The highest BCUT2D eigenvalue weighted by Gasteiger charge is 2.06. The average molecular weight is 201 g/mol. The Kier molecular flexibility index (Phi) is 1.61. The molecule has 0 saturated heterocycles. The number of hydrogen-bond donors (Lipinski definition) is 0. The fourth-order valence-electron chi connectivity index (χ4n) is 1.48. The van der Waals surface area contributed by atoms with Crippen molar-refractivity contribution in [3.05, 3.63) is 42.2 Å². The second-order valence-electron chi connectivity index (χ2n) is 2.92. The van der Waals surface area contributed by atoms with E-state index in [0.717, 1.165) is 16.1 Å². The number of nitrogens with zero attached hydrogens (tertiary/aromatic N) is 3. The van der Waals surface area contributed by atoms with Gasteiger partial charge in [0.1, 0.15) is 5.01 Å². The van der Waals surface area contributed by atoms with Gasteiger partial charge in [0, 0.05) is 29.5 Å². The topological polar surface area (TPSA) is 30.2 Å². The van der Waals surface area contributed by atoms with Crippen molar-refractivity contribution in [3.63, 3.8) is 0 Å². The zero-order valence-corrected chi connectivity index (χ0v) is 8.11. The number of rotatable bonds is 1. The highest BCUT2D eigenvalue weighted by Crippen LogP contribution is 2.26. The Bertz CT molecular complexity index is 554. The molecule has 0 aliphatic carbocycles. The summed E-state index contributed by atoms with van der Waals surface area (Å²) in [5.41, 5.74) is 2.25. The minimum Gasteiger partial charge on any atom is -0.244 e. The molecule has 3 heterocycles. The molecule has 3 rings (SSSR count). The van der Waals surface area contributed by atoms with Crippen LogP contribution in [-0.4, -0.2) is 14.6 Å². The molecule has 0 unspecified atom stereocenters. The van der Waals surface area contributed by atoms with Crippen LogP contribution in [-0.2, 0) is 0 Å². The number of hydrogen-bond acceptors (Lipinski definition) is 3. The molecular weight excluding hydrogens is 194 g/mol. The molecule has 0 saturated carbocycles. The largest absolute Gasteiger partial charge is 0.244 e. The molecule has 0 amide bonds. The minimum atomic E-state index is 1.04. The Morgan fingerprint density at radius 3 is 3.07 bits per heavy atom. The summed E-state index contributed by atoms with van der Waals surface area (Å²) in [6, 6.07) is 6.03. The number of aromatic nitrogens is 3. The van der Waals surface area contributed by atoms with E-state index in [4.69, 9.17) is 0 Å². The van der Waals surface area contributed by atoms with Gasteiger partial charge in [0.25, 0.3) is 0 Å². The summed E-state index contributed by atoms with van der Waals surface area (Å²) in [6.07, 6.45) is 5.55. The molecule has 0 atom stereocenters. The summed E-state index contributed by atoms with van der Waals surface area (Å²) >= 11 is 1.64. The van der Waals surface area contributed by atoms with Gasteiger partial charge in [-0.15, -0.1) is 11.3 Å². The Balaban J connectivity index is 2.33. The summed E-state index contributed by atoms with van der Waals surface area (Å²) in [5.74, 6) is 0. The van der Waals surface area contributed by atoms with Gasteiger partial charge >= 0.3 is 0 Å². The third-order valence-corrected chi connectivity index (χ3v) is 2.91. The Hall–Kier alpha value is -1.68. The smallest absolute Gasteiger partial charge is 0.125 e. The van der Waals surface area contributed by atoms with E-state index >= 15 is 0 Å². The van der Waals surface area contributed by atoms with Crippen molar-refractivity contribution in [2.45, 2.75) is 0 Å². The van der Waals surface area contributed by atoms with Gasteiger partial charge < -0.3 is 0 Å². The summed E-state index contributed by atoms with van der Waals surface area (Å²) in [7, 11) is 0. The zero-order valence-electron chi connectivity index (χ0n) is 7.29. The Morgan fingerprint density at radius 1 is 1.21 bits per heavy atom. The van der Waals surface area contributed by atoms with E-state index in [1.165, 1.54) is 0 Å². The van der Waals surface area contributed by atoms with Crippen molar-refractivity contribution in [3.8, 4) is 10.6 Å². The van der Waals surface area contributed by atoms with E-state index in [-0.39, 0.29) is 0 Å². The normalized spacial score (nSPS) is 10.9. The van der Waals surface area contributed by atoms with E-state index in [0.29, 0.717) is 0 Å². The van der Waals surface area contributed by atoms with Crippen molar-refractivity contribution in [2.75, 3.05) is 0 Å². The predicted molar refractivity (Wildman–Crippen MR) is 56.3 cm³/mol. The maximum atomic E-state index is 4.29. The monoisotopic (exact) mass is 201 g/mol. The van der Waals surface area contributed by atoms with Crippen LogP contribution in [0.5, 0.6) is 0 Å². The lowest BCUT2D eigenvalue weighted by atomic mass is 10.3. The van der Waals surface area contributed by atoms with Gasteiger partial charge in [-0.05, 0) is 18.2 Å². The molecule has 0 fully saturated rings. The molecular formula is C10H7N3S. The van der Waals surface area contributed by atoms with Gasteiger partial charge in [0.05, 0.1) is 5.52 Å². The van der Waals surface area contributed by atoms with Gasteiger partial charge in [-0.25, -0.2) is 9.50 Å². The summed E-state index contributed by atoms with van der Waals surface area (Å²) in [6.45, 7) is 0. The summed E-state index contributed by atoms with van der Waals surface area (Å²) in [4.78, 5) is 4.29. The second-order valence-corrected chi connectivity index (χ2v) is 3.81. The van der Waals surface area contributed by atoms with Gasteiger partial charge in [-0.1, -0.05) is 0 Å². The standard InChI is InChI=1S/C10H7N3S/c1-2-9-8(10-11-5-7-14-10)3-6-13(9)12-4-1/h1-7H. The van der Waals surface area contributed by atoms with Crippen LogP contribution in [0.1, 0.15) is 0 Å². The van der Waals surface area contributed by atoms with E-state index in [9.17, 15) is 0 Å². The highest BCUT2D eigenvalue weighted by molar-refractivity contribution is 7.13. The highest BCUT2D eigenvalue weighted by atomic mass is 32.1. The van der Waals surface area contributed by atoms with Crippen molar-refractivity contribution in [2.24, 2.45) is 0 Å². The molecule has 0 bridgehead atoms. The summed E-state index contributed by atoms with van der Waals surface area (Å²) < 4.78 is 1.86. The van der Waals surface area contributed by atoms with Crippen molar-refractivity contribution < 1.29 is 0 Å². The van der Waals surface area contributed by atoms with Crippen LogP contribution < -0.4 is 0 Å². The van der Waals surface area contributed by atoms with Crippen molar-refractivity contribution in [1.82, 2.24) is 14.6 Å². The van der Waals surface area contributed by atoms with Gasteiger partial charge in [-0.3, -0.25) is 0 Å². The molecule has 0 aromatic carbocycles. The molecule has 0 spiro atoms. The maximum Gasteiger partial charge on any atom is 0.125 e. The fraction of sp³-hybridized carbons (Fsp3) is 0. The lowest BCUT2D eigenvalue weighted by Gasteiger charge is -1.94. The van der Waals surface area contributed by atoms with Crippen LogP contribution >= 0.6 is 11.3 Å². The molecule has 0 aliphatic rings. The quantitative estimate of drug-likeness (QED) is 0.605. The molecule has 3 aromatic heterocycles. The molecule has 4 heteroatoms. The van der Waals surface area contributed by atoms with E-state index in [2.05, 4.69) is 10.1 Å². The molecule has 68 valence electrons. The average Bonchev–Trinajstić information content (AvgIpc) is 2.85. The van der Waals surface area contributed by atoms with Crippen LogP contribution in [0.2, 0.25) is 0 Å². The predicted octanol–water partition coefficient (Wildman–Crippen LogP) is 2.46. The van der Waals surface area contributed by atoms with Crippen LogP contribution in [0, 0.1) is 0 Å². The van der Waals surface area contributed by atoms with Gasteiger partial charge in [0.2, 0.25) is 0 Å².